The van der Waals surface area contributed by atoms with Gasteiger partial charge in [-0.25, -0.2) is 0 Å². The molecule has 0 fully saturated rings. The first-order valence-corrected chi connectivity index (χ1v) is 8.33. The molecule has 0 spiro atoms. The number of para-hydroxylation sites is 1. The summed E-state index contributed by atoms with van der Waals surface area (Å²) in [5, 5.41) is 3.42. The van der Waals surface area contributed by atoms with Crippen molar-refractivity contribution in [3.8, 4) is 5.75 Å². The van der Waals surface area contributed by atoms with E-state index in [-0.39, 0.29) is 24.0 Å². The molecule has 1 N–H and O–H groups in total. The van der Waals surface area contributed by atoms with Gasteiger partial charge >= 0.3 is 0 Å². The molecule has 144 valence electrons. The third kappa shape index (κ3) is 9.27. The summed E-state index contributed by atoms with van der Waals surface area (Å²) in [5.41, 5.74) is 1.14. The second-order valence-corrected chi connectivity index (χ2v) is 5.79. The molecule has 7 heteroatoms. The van der Waals surface area contributed by atoms with Crippen LogP contribution in [0.25, 0.3) is 0 Å². The average Bonchev–Trinajstić information content (AvgIpc) is 2.60. The number of hydrogen-bond donors (Lipinski definition) is 1. The highest BCUT2D eigenvalue weighted by atomic mass is 127. The number of nitrogens with one attached hydrogen (secondary N) is 1. The lowest BCUT2D eigenvalue weighted by atomic mass is 10.2. The second kappa shape index (κ2) is 14.1. The lowest BCUT2D eigenvalue weighted by Gasteiger charge is -2.23. The monoisotopic (exact) mass is 464 g/mol. The van der Waals surface area contributed by atoms with Gasteiger partial charge in [-0.1, -0.05) is 18.2 Å². The first kappa shape index (κ1) is 23.9. The third-order valence-corrected chi connectivity index (χ3v) is 3.85. The summed E-state index contributed by atoms with van der Waals surface area (Å²) < 4.78 is 10.5. The molecule has 0 aliphatic carbocycles. The molecule has 0 saturated heterocycles. The van der Waals surface area contributed by atoms with E-state index in [4.69, 9.17) is 9.47 Å². The molecule has 0 saturated carbocycles. The summed E-state index contributed by atoms with van der Waals surface area (Å²) in [4.78, 5) is 8.74. The molecule has 1 rings (SSSR count). The fourth-order valence-electron chi connectivity index (χ4n) is 2.46. The maximum atomic E-state index is 5.41. The van der Waals surface area contributed by atoms with Crippen LogP contribution in [0.2, 0.25) is 0 Å². The summed E-state index contributed by atoms with van der Waals surface area (Å²) >= 11 is 0. The minimum absolute atomic E-state index is 0. The number of ether oxygens (including phenoxy) is 2. The minimum Gasteiger partial charge on any atom is -0.496 e. The molecule has 0 aliphatic heterocycles. The van der Waals surface area contributed by atoms with Crippen LogP contribution in [0.1, 0.15) is 12.0 Å². The van der Waals surface area contributed by atoms with Crippen LogP contribution in [0.3, 0.4) is 0 Å². The van der Waals surface area contributed by atoms with Crippen molar-refractivity contribution in [3.05, 3.63) is 29.8 Å². The molecule has 1 aromatic rings. The van der Waals surface area contributed by atoms with Gasteiger partial charge in [-0.3, -0.25) is 4.99 Å². The van der Waals surface area contributed by atoms with Gasteiger partial charge < -0.3 is 24.6 Å². The van der Waals surface area contributed by atoms with Crippen molar-refractivity contribution < 1.29 is 9.47 Å². The number of nitrogens with zero attached hydrogens (tertiary/aromatic N) is 3. The Morgan fingerprint density at radius 3 is 2.52 bits per heavy atom. The highest BCUT2D eigenvalue weighted by Gasteiger charge is 2.09. The van der Waals surface area contributed by atoms with Crippen molar-refractivity contribution in [2.24, 2.45) is 4.99 Å². The van der Waals surface area contributed by atoms with Gasteiger partial charge in [0.05, 0.1) is 13.7 Å². The predicted molar refractivity (Wildman–Crippen MR) is 115 cm³/mol. The Balaban J connectivity index is 0.00000576. The zero-order valence-electron chi connectivity index (χ0n) is 16.1. The maximum Gasteiger partial charge on any atom is 0.193 e. The second-order valence-electron chi connectivity index (χ2n) is 5.79. The fraction of sp³-hybridized carbons (Fsp3) is 0.611. The largest absolute Gasteiger partial charge is 0.496 e. The van der Waals surface area contributed by atoms with Crippen LogP contribution in [0.5, 0.6) is 5.75 Å². The molecule has 0 atom stereocenters. The van der Waals surface area contributed by atoms with Crippen LogP contribution in [0.15, 0.2) is 29.3 Å². The van der Waals surface area contributed by atoms with Crippen LogP contribution in [-0.4, -0.2) is 77.4 Å². The Morgan fingerprint density at radius 2 is 1.88 bits per heavy atom. The van der Waals surface area contributed by atoms with E-state index in [1.165, 1.54) is 0 Å². The van der Waals surface area contributed by atoms with Crippen LogP contribution in [-0.2, 0) is 11.3 Å². The number of benzene rings is 1. The van der Waals surface area contributed by atoms with Gasteiger partial charge in [0.25, 0.3) is 0 Å². The molecule has 6 nitrogen and oxygen atoms in total. The summed E-state index contributed by atoms with van der Waals surface area (Å²) in [6.45, 7) is 4.40. The van der Waals surface area contributed by atoms with Crippen molar-refractivity contribution in [1.82, 2.24) is 15.1 Å². The SMILES string of the molecule is CN=C(NCCCN(C)CCOC)N(C)Cc1ccccc1OC.I. The van der Waals surface area contributed by atoms with Gasteiger partial charge in [-0.15, -0.1) is 24.0 Å². The molecule has 0 amide bonds. The summed E-state index contributed by atoms with van der Waals surface area (Å²) in [6.07, 6.45) is 1.06. The Bertz CT molecular complexity index is 500. The van der Waals surface area contributed by atoms with E-state index in [1.807, 2.05) is 32.3 Å². The van der Waals surface area contributed by atoms with Crippen molar-refractivity contribution in [2.75, 3.05) is 61.6 Å². The van der Waals surface area contributed by atoms with E-state index in [1.54, 1.807) is 14.2 Å². The standard InChI is InChI=1S/C18H32N4O2.HI/c1-19-18(20-11-8-12-21(2)13-14-23-4)22(3)15-16-9-6-7-10-17(16)24-5;/h6-7,9-10H,8,11-15H2,1-5H3,(H,19,20);1H. The zero-order chi connectivity index (χ0) is 17.8. The molecule has 0 aliphatic rings. The molecule has 0 bridgehead atoms. The van der Waals surface area contributed by atoms with Gasteiger partial charge in [0, 0.05) is 46.4 Å². The quantitative estimate of drug-likeness (QED) is 0.249. The normalized spacial score (nSPS) is 11.2. The third-order valence-electron chi connectivity index (χ3n) is 3.85. The smallest absolute Gasteiger partial charge is 0.193 e. The summed E-state index contributed by atoms with van der Waals surface area (Å²) in [7, 11) is 9.39. The van der Waals surface area contributed by atoms with Crippen molar-refractivity contribution in [2.45, 2.75) is 13.0 Å². The van der Waals surface area contributed by atoms with E-state index < -0.39 is 0 Å². The Kier molecular flexibility index (Phi) is 13.5. The highest BCUT2D eigenvalue weighted by Crippen LogP contribution is 2.18. The number of aliphatic imine (C=N–C) groups is 1. The van der Waals surface area contributed by atoms with Crippen molar-refractivity contribution in [3.63, 3.8) is 0 Å². The number of halogens is 1. The van der Waals surface area contributed by atoms with Crippen LogP contribution in [0, 0.1) is 0 Å². The zero-order valence-corrected chi connectivity index (χ0v) is 18.4. The van der Waals surface area contributed by atoms with E-state index >= 15 is 0 Å². The lowest BCUT2D eigenvalue weighted by molar-refractivity contribution is 0.161. The minimum atomic E-state index is 0. The van der Waals surface area contributed by atoms with Crippen LogP contribution in [0.4, 0.5) is 0 Å². The van der Waals surface area contributed by atoms with Gasteiger partial charge in [0.2, 0.25) is 0 Å². The first-order chi connectivity index (χ1) is 11.6. The summed E-state index contributed by atoms with van der Waals surface area (Å²) in [5.74, 6) is 1.79. The van der Waals surface area contributed by atoms with Gasteiger partial charge in [-0.2, -0.15) is 0 Å². The highest BCUT2D eigenvalue weighted by molar-refractivity contribution is 14.0. The number of rotatable bonds is 10. The predicted octanol–water partition coefficient (Wildman–Crippen LogP) is 2.29. The van der Waals surface area contributed by atoms with Gasteiger partial charge in [0.1, 0.15) is 5.75 Å². The fourth-order valence-corrected chi connectivity index (χ4v) is 2.46. The van der Waals surface area contributed by atoms with E-state index in [9.17, 15) is 0 Å². The van der Waals surface area contributed by atoms with E-state index in [0.717, 1.165) is 56.5 Å². The molecular formula is C18H33IN4O2. The first-order valence-electron chi connectivity index (χ1n) is 8.33. The topological polar surface area (TPSA) is 49.3 Å². The Morgan fingerprint density at radius 1 is 1.16 bits per heavy atom. The van der Waals surface area contributed by atoms with E-state index in [2.05, 4.69) is 33.2 Å². The molecular weight excluding hydrogens is 431 g/mol. The molecule has 1 aromatic carbocycles. The summed E-state index contributed by atoms with van der Waals surface area (Å²) in [6, 6.07) is 8.07. The molecule has 0 radical (unpaired) electrons. The number of methoxy groups -OCH3 is 2. The van der Waals surface area contributed by atoms with Crippen molar-refractivity contribution in [1.29, 1.82) is 0 Å². The number of guanidine groups is 1. The van der Waals surface area contributed by atoms with Crippen LogP contribution < -0.4 is 10.1 Å². The Labute approximate surface area is 169 Å². The van der Waals surface area contributed by atoms with Gasteiger partial charge in [0.15, 0.2) is 5.96 Å². The maximum absolute atomic E-state index is 5.41. The Hall–Kier alpha value is -1.06. The molecule has 0 heterocycles. The molecule has 0 aromatic heterocycles. The molecule has 25 heavy (non-hydrogen) atoms. The van der Waals surface area contributed by atoms with Crippen molar-refractivity contribution >= 4 is 29.9 Å². The number of hydrogen-bond acceptors (Lipinski definition) is 4. The van der Waals surface area contributed by atoms with E-state index in [0.29, 0.717) is 0 Å². The average molecular weight is 464 g/mol. The lowest BCUT2D eigenvalue weighted by Crippen LogP contribution is -2.39. The van der Waals surface area contributed by atoms with Crippen LogP contribution >= 0.6 is 24.0 Å². The molecule has 0 unspecified atom stereocenters. The number of likely N-dealkylation sites (N-methyl/N-ethyl adjacent to an activating group) is 1. The van der Waals surface area contributed by atoms with Gasteiger partial charge in [-0.05, 0) is 26.1 Å².